The van der Waals surface area contributed by atoms with E-state index in [2.05, 4.69) is 68.7 Å². The molecule has 0 unspecified atom stereocenters. The lowest BCUT2D eigenvalue weighted by Gasteiger charge is -2.38. The molecule has 1 aliphatic heterocycles. The minimum absolute atomic E-state index is 0.0220. The molecule has 2 aliphatic rings. The molecule has 0 radical (unpaired) electrons. The maximum atomic E-state index is 12.3. The molecule has 0 atom stereocenters. The van der Waals surface area contributed by atoms with Gasteiger partial charge in [-0.15, -0.1) is 0 Å². The fourth-order valence-electron chi connectivity index (χ4n) is 5.26. The summed E-state index contributed by atoms with van der Waals surface area (Å²) in [6.45, 7) is 10.8. The quantitative estimate of drug-likeness (QED) is 0.388. The molecular formula is C30H34N6O3. The maximum Gasteiger partial charge on any atom is 0.254 e. The van der Waals surface area contributed by atoms with Crippen molar-refractivity contribution in [3.8, 4) is 11.1 Å². The molecule has 2 heterocycles. The number of amides is 2. The number of methoxy groups -OCH3 is 1. The molecule has 39 heavy (non-hydrogen) atoms. The third-order valence-corrected chi connectivity index (χ3v) is 7.75. The number of ether oxygens (including phenoxy) is 1. The number of nitrogens with zero attached hydrogens (tertiary/aromatic N) is 4. The number of nitrogens with one attached hydrogen (secondary N) is 1. The molecule has 1 saturated carbocycles. The van der Waals surface area contributed by atoms with Gasteiger partial charge in [-0.2, -0.15) is 5.10 Å². The second-order valence-electron chi connectivity index (χ2n) is 10.6. The highest BCUT2D eigenvalue weighted by molar-refractivity contribution is 6.02. The zero-order valence-electron chi connectivity index (χ0n) is 22.2. The number of likely N-dealkylation sites (tertiary alicyclic amines) is 1. The molecule has 2 fully saturated rings. The Morgan fingerprint density at radius 2 is 1.87 bits per heavy atom. The molecule has 0 spiro atoms. The Kier molecular flexibility index (Phi) is 7.77. The van der Waals surface area contributed by atoms with Gasteiger partial charge in [0.1, 0.15) is 11.1 Å². The van der Waals surface area contributed by atoms with Gasteiger partial charge in [-0.05, 0) is 54.0 Å². The lowest BCUT2D eigenvalue weighted by Crippen LogP contribution is -2.47. The van der Waals surface area contributed by atoms with Gasteiger partial charge < -0.3 is 20.6 Å². The molecule has 202 valence electrons. The van der Waals surface area contributed by atoms with E-state index in [1.807, 2.05) is 0 Å². The van der Waals surface area contributed by atoms with Gasteiger partial charge in [-0.3, -0.25) is 19.2 Å². The van der Waals surface area contributed by atoms with Crippen molar-refractivity contribution in [3.05, 3.63) is 82.8 Å². The van der Waals surface area contributed by atoms with Gasteiger partial charge in [0.2, 0.25) is 12.5 Å². The Morgan fingerprint density at radius 3 is 2.51 bits per heavy atom. The fraction of sp³-hybridized carbons (Fsp3) is 0.400. The van der Waals surface area contributed by atoms with E-state index in [1.165, 1.54) is 16.7 Å². The van der Waals surface area contributed by atoms with Crippen LogP contribution >= 0.6 is 0 Å². The number of nitrogens with two attached hydrogens (primary N) is 1. The van der Waals surface area contributed by atoms with Gasteiger partial charge in [-0.1, -0.05) is 42.5 Å². The molecule has 3 aromatic rings. The molecule has 2 aromatic carbocycles. The van der Waals surface area contributed by atoms with Crippen LogP contribution in [0.3, 0.4) is 0 Å². The molecule has 1 aliphatic carbocycles. The van der Waals surface area contributed by atoms with Crippen LogP contribution in [0.4, 0.5) is 5.82 Å². The van der Waals surface area contributed by atoms with E-state index in [4.69, 9.17) is 17.0 Å². The minimum Gasteiger partial charge on any atom is -0.380 e. The first-order chi connectivity index (χ1) is 18.9. The maximum absolute atomic E-state index is 12.3. The van der Waals surface area contributed by atoms with Crippen molar-refractivity contribution in [1.82, 2.24) is 14.7 Å². The number of primary amides is 1. The zero-order chi connectivity index (χ0) is 27.4. The summed E-state index contributed by atoms with van der Waals surface area (Å²) in [4.78, 5) is 30.5. The van der Waals surface area contributed by atoms with Crippen LogP contribution in [-0.2, 0) is 28.2 Å². The van der Waals surface area contributed by atoms with Crippen LogP contribution in [0.1, 0.15) is 47.2 Å². The highest BCUT2D eigenvalue weighted by Crippen LogP contribution is 2.34. The molecule has 5 rings (SSSR count). The van der Waals surface area contributed by atoms with E-state index in [1.54, 1.807) is 18.0 Å². The molecule has 9 heteroatoms. The highest BCUT2D eigenvalue weighted by Gasteiger charge is 2.41. The summed E-state index contributed by atoms with van der Waals surface area (Å²) in [6.07, 6.45) is 4.71. The Labute approximate surface area is 228 Å². The number of carbonyl (C=O) groups excluding carboxylic acids is 2. The normalized spacial score (nSPS) is 16.9. The summed E-state index contributed by atoms with van der Waals surface area (Å²) in [5, 5.41) is 7.35. The molecule has 3 N–H and O–H groups in total. The Hall–Kier alpha value is -4.00. The van der Waals surface area contributed by atoms with Crippen LogP contribution in [-0.4, -0.2) is 53.2 Å². The molecule has 1 aromatic heterocycles. The number of hydrogen-bond acceptors (Lipinski definition) is 5. The Bertz CT molecular complexity index is 1380. The number of aromatic nitrogens is 2. The average molecular weight is 527 g/mol. The van der Waals surface area contributed by atoms with E-state index in [0.29, 0.717) is 19.4 Å². The number of benzene rings is 2. The smallest absolute Gasteiger partial charge is 0.254 e. The first-order valence-electron chi connectivity index (χ1n) is 13.3. The number of rotatable bonds is 10. The number of piperidine rings is 1. The monoisotopic (exact) mass is 526 g/mol. The predicted octanol–water partition coefficient (Wildman–Crippen LogP) is 4.05. The van der Waals surface area contributed by atoms with Crippen LogP contribution < -0.4 is 11.1 Å². The lowest BCUT2D eigenvalue weighted by atomic mass is 9.87. The van der Waals surface area contributed by atoms with Gasteiger partial charge in [0.05, 0.1) is 6.61 Å². The first kappa shape index (κ1) is 26.6. The number of anilines is 1. The number of hydrogen-bond donors (Lipinski definition) is 2. The third-order valence-electron chi connectivity index (χ3n) is 7.75. The van der Waals surface area contributed by atoms with Crippen molar-refractivity contribution < 1.29 is 14.3 Å². The standard InChI is InChI=1S/C30H34N6O3/c1-32-20-30(36-18-26(27(31)37)28(34-36)33-29(38)24-10-11-24)12-14-35(15-13-30)17-21-6-8-23(9-7-21)25-5-3-4-22(16-25)19-39-2/h3-9,16,18,24H,10-15,17,19-20H2,2H3,(H2,31,37)(H,33,34,38). The van der Waals surface area contributed by atoms with E-state index in [-0.39, 0.29) is 29.8 Å². The van der Waals surface area contributed by atoms with Crippen LogP contribution in [0.25, 0.3) is 16.0 Å². The zero-order valence-corrected chi connectivity index (χ0v) is 22.2. The topological polar surface area (TPSA) is 107 Å². The summed E-state index contributed by atoms with van der Waals surface area (Å²) in [6, 6.07) is 17.0. The van der Waals surface area contributed by atoms with E-state index in [9.17, 15) is 9.59 Å². The fourth-order valence-corrected chi connectivity index (χ4v) is 5.26. The van der Waals surface area contributed by atoms with E-state index < -0.39 is 11.4 Å². The number of carbonyl (C=O) groups is 2. The summed E-state index contributed by atoms with van der Waals surface area (Å²) in [5.41, 5.74) is 9.94. The summed E-state index contributed by atoms with van der Waals surface area (Å²) >= 11 is 0. The van der Waals surface area contributed by atoms with Gasteiger partial charge in [0, 0.05) is 38.9 Å². The summed E-state index contributed by atoms with van der Waals surface area (Å²) in [5.74, 6) is -0.604. The molecule has 2 amide bonds. The van der Waals surface area contributed by atoms with Gasteiger partial charge in [-0.25, -0.2) is 6.57 Å². The van der Waals surface area contributed by atoms with Crippen molar-refractivity contribution in [2.24, 2.45) is 11.7 Å². The van der Waals surface area contributed by atoms with E-state index in [0.717, 1.165) is 38.0 Å². The van der Waals surface area contributed by atoms with Gasteiger partial charge >= 0.3 is 0 Å². The molecular weight excluding hydrogens is 492 g/mol. The van der Waals surface area contributed by atoms with Crippen molar-refractivity contribution in [1.29, 1.82) is 0 Å². The van der Waals surface area contributed by atoms with E-state index >= 15 is 0 Å². The first-order valence-corrected chi connectivity index (χ1v) is 13.3. The average Bonchev–Trinajstić information content (AvgIpc) is 3.71. The highest BCUT2D eigenvalue weighted by atomic mass is 16.5. The van der Waals surface area contributed by atoms with Crippen molar-refractivity contribution in [2.45, 2.75) is 44.4 Å². The molecule has 1 saturated heterocycles. The second-order valence-corrected chi connectivity index (χ2v) is 10.6. The van der Waals surface area contributed by atoms with Crippen LogP contribution in [0.2, 0.25) is 0 Å². The Balaban J connectivity index is 1.26. The predicted molar refractivity (Wildman–Crippen MR) is 149 cm³/mol. The lowest BCUT2D eigenvalue weighted by molar-refractivity contribution is -0.117. The molecule has 0 bridgehead atoms. The largest absolute Gasteiger partial charge is 0.380 e. The van der Waals surface area contributed by atoms with Crippen LogP contribution in [0.15, 0.2) is 54.7 Å². The minimum atomic E-state index is -0.642. The summed E-state index contributed by atoms with van der Waals surface area (Å²) in [7, 11) is 1.70. The van der Waals surface area contributed by atoms with Gasteiger partial charge in [0.15, 0.2) is 5.82 Å². The molecule has 9 nitrogen and oxygen atoms in total. The van der Waals surface area contributed by atoms with Crippen molar-refractivity contribution >= 4 is 17.6 Å². The van der Waals surface area contributed by atoms with Crippen LogP contribution in [0.5, 0.6) is 0 Å². The summed E-state index contributed by atoms with van der Waals surface area (Å²) < 4.78 is 6.97. The Morgan fingerprint density at radius 1 is 1.13 bits per heavy atom. The van der Waals surface area contributed by atoms with Gasteiger partial charge in [0.25, 0.3) is 5.91 Å². The third kappa shape index (κ3) is 6.03. The SMILES string of the molecule is [C-]#[N+]CC1(n2cc(C(N)=O)c(NC(=O)C3CC3)n2)CCN(Cc2ccc(-c3cccc(COC)c3)cc2)CC1. The van der Waals surface area contributed by atoms with Crippen molar-refractivity contribution in [3.63, 3.8) is 0 Å². The van der Waals surface area contributed by atoms with Crippen LogP contribution in [0, 0.1) is 12.5 Å². The van der Waals surface area contributed by atoms with Crippen molar-refractivity contribution in [2.75, 3.05) is 32.1 Å². The second kappa shape index (κ2) is 11.4.